The van der Waals surface area contributed by atoms with Crippen LogP contribution in [0, 0.1) is 4.64 Å². The van der Waals surface area contributed by atoms with Gasteiger partial charge in [-0.15, -0.1) is 0 Å². The molecule has 2 aromatic heterocycles. The highest BCUT2D eigenvalue weighted by atomic mass is 35.5. The molecule has 1 aliphatic heterocycles. The summed E-state index contributed by atoms with van der Waals surface area (Å²) in [5, 5.41) is 1.63. The third kappa shape index (κ3) is 2.19. The van der Waals surface area contributed by atoms with E-state index in [1.54, 1.807) is 0 Å². The van der Waals surface area contributed by atoms with E-state index in [9.17, 15) is 0 Å². The van der Waals surface area contributed by atoms with Gasteiger partial charge in [0.2, 0.25) is 5.71 Å². The van der Waals surface area contributed by atoms with Gasteiger partial charge in [0.25, 0.3) is 0 Å². The number of hydrogen-bond donors (Lipinski definition) is 0. The number of hydrogen-bond acceptors (Lipinski definition) is 3. The van der Waals surface area contributed by atoms with Crippen molar-refractivity contribution in [1.82, 2.24) is 9.55 Å². The molecular formula is C16H13ClN2OS. The number of rotatable bonds is 1. The molecule has 0 bridgehead atoms. The first-order chi connectivity index (χ1) is 10.2. The van der Waals surface area contributed by atoms with Crippen molar-refractivity contribution in [1.29, 1.82) is 0 Å². The summed E-state index contributed by atoms with van der Waals surface area (Å²) in [6.07, 6.45) is 3.30. The van der Waals surface area contributed by atoms with E-state index in [4.69, 9.17) is 28.2 Å². The molecule has 1 aromatic carbocycles. The Balaban J connectivity index is 1.92. The Morgan fingerprint density at radius 1 is 1.19 bits per heavy atom. The molecule has 4 rings (SSSR count). The van der Waals surface area contributed by atoms with Crippen LogP contribution < -0.4 is 0 Å². The first-order valence-corrected chi connectivity index (χ1v) is 7.80. The van der Waals surface area contributed by atoms with Gasteiger partial charge < -0.3 is 8.98 Å². The quantitative estimate of drug-likeness (QED) is 0.591. The predicted octanol–water partition coefficient (Wildman–Crippen LogP) is 5.02. The minimum Gasteiger partial charge on any atom is -0.438 e. The second-order valence-electron chi connectivity index (χ2n) is 5.28. The highest BCUT2D eigenvalue weighted by molar-refractivity contribution is 7.71. The third-order valence-electron chi connectivity index (χ3n) is 3.89. The molecule has 3 aromatic rings. The standard InChI is InChI=1S/C16H13ClN2OS/c17-11-6-4-10(5-7-11)13-9-12-15(20-13)18-14-3-1-2-8-19(14)16(12)21/h4-7,9H,1-3,8H2. The van der Waals surface area contributed by atoms with Gasteiger partial charge in [-0.1, -0.05) is 23.8 Å². The van der Waals surface area contributed by atoms with E-state index in [1.807, 2.05) is 30.3 Å². The topological polar surface area (TPSA) is 31.0 Å². The number of furan rings is 1. The van der Waals surface area contributed by atoms with Crippen molar-refractivity contribution >= 4 is 34.9 Å². The molecule has 0 unspecified atom stereocenters. The maximum atomic E-state index is 5.93. The van der Waals surface area contributed by atoms with Crippen molar-refractivity contribution in [2.75, 3.05) is 0 Å². The zero-order valence-electron chi connectivity index (χ0n) is 11.3. The lowest BCUT2D eigenvalue weighted by molar-refractivity contribution is 0.501. The molecule has 0 amide bonds. The average molecular weight is 317 g/mol. The Morgan fingerprint density at radius 3 is 2.81 bits per heavy atom. The van der Waals surface area contributed by atoms with E-state index < -0.39 is 0 Å². The van der Waals surface area contributed by atoms with Crippen molar-refractivity contribution in [2.24, 2.45) is 0 Å². The normalized spacial score (nSPS) is 14.3. The van der Waals surface area contributed by atoms with E-state index in [1.165, 1.54) is 0 Å². The molecule has 0 N–H and O–H groups in total. The summed E-state index contributed by atoms with van der Waals surface area (Å²) < 4.78 is 8.88. The van der Waals surface area contributed by atoms with E-state index in [-0.39, 0.29) is 0 Å². The molecule has 3 nitrogen and oxygen atoms in total. The van der Waals surface area contributed by atoms with E-state index >= 15 is 0 Å². The Hall–Kier alpha value is -1.65. The lowest BCUT2D eigenvalue weighted by Crippen LogP contribution is -2.15. The van der Waals surface area contributed by atoms with E-state index in [0.717, 1.165) is 53.0 Å². The predicted molar refractivity (Wildman–Crippen MR) is 86.2 cm³/mol. The van der Waals surface area contributed by atoms with Gasteiger partial charge in [0, 0.05) is 23.6 Å². The van der Waals surface area contributed by atoms with Gasteiger partial charge in [0.05, 0.1) is 5.39 Å². The average Bonchev–Trinajstić information content (AvgIpc) is 2.92. The van der Waals surface area contributed by atoms with Crippen molar-refractivity contribution < 1.29 is 4.42 Å². The number of fused-ring (bicyclic) bond motifs is 2. The van der Waals surface area contributed by atoms with Crippen LogP contribution in [0.15, 0.2) is 34.7 Å². The van der Waals surface area contributed by atoms with Crippen LogP contribution in [-0.2, 0) is 13.0 Å². The van der Waals surface area contributed by atoms with Crippen LogP contribution in [-0.4, -0.2) is 9.55 Å². The summed E-state index contributed by atoms with van der Waals surface area (Å²) in [4.78, 5) is 4.64. The second kappa shape index (κ2) is 4.97. The maximum Gasteiger partial charge on any atom is 0.231 e. The fourth-order valence-corrected chi connectivity index (χ4v) is 3.26. The number of nitrogens with zero attached hydrogens (tertiary/aromatic N) is 2. The fraction of sp³-hybridized carbons (Fsp3) is 0.250. The fourth-order valence-electron chi connectivity index (χ4n) is 2.79. The van der Waals surface area contributed by atoms with Crippen LogP contribution in [0.3, 0.4) is 0 Å². The number of benzene rings is 1. The highest BCUT2D eigenvalue weighted by Crippen LogP contribution is 2.29. The minimum atomic E-state index is 0.637. The molecule has 0 aliphatic carbocycles. The SMILES string of the molecule is S=c1c2cc(-c3ccc(Cl)cc3)oc2nc2n1CCCC2. The van der Waals surface area contributed by atoms with Crippen molar-refractivity contribution in [3.8, 4) is 11.3 Å². The van der Waals surface area contributed by atoms with E-state index in [0.29, 0.717) is 10.7 Å². The summed E-state index contributed by atoms with van der Waals surface area (Å²) in [5.41, 5.74) is 1.62. The largest absolute Gasteiger partial charge is 0.438 e. The number of halogens is 1. The van der Waals surface area contributed by atoms with Crippen molar-refractivity contribution in [3.05, 3.63) is 45.8 Å². The zero-order valence-corrected chi connectivity index (χ0v) is 12.9. The minimum absolute atomic E-state index is 0.637. The van der Waals surface area contributed by atoms with Crippen molar-refractivity contribution in [2.45, 2.75) is 25.8 Å². The van der Waals surface area contributed by atoms with Gasteiger partial charge in [-0.2, -0.15) is 4.98 Å². The lowest BCUT2D eigenvalue weighted by Gasteiger charge is -2.17. The molecule has 1 aliphatic rings. The summed E-state index contributed by atoms with van der Waals surface area (Å²) >= 11 is 11.5. The molecular weight excluding hydrogens is 304 g/mol. The molecule has 0 spiro atoms. The molecule has 0 saturated carbocycles. The summed E-state index contributed by atoms with van der Waals surface area (Å²) in [7, 11) is 0. The van der Waals surface area contributed by atoms with Crippen LogP contribution in [0.25, 0.3) is 22.4 Å². The molecule has 0 atom stereocenters. The van der Waals surface area contributed by atoms with E-state index in [2.05, 4.69) is 9.55 Å². The van der Waals surface area contributed by atoms with Crippen LogP contribution in [0.2, 0.25) is 5.02 Å². The molecule has 0 radical (unpaired) electrons. The molecule has 5 heteroatoms. The zero-order chi connectivity index (χ0) is 14.4. The lowest BCUT2D eigenvalue weighted by atomic mass is 10.1. The Morgan fingerprint density at radius 2 is 2.00 bits per heavy atom. The molecule has 21 heavy (non-hydrogen) atoms. The van der Waals surface area contributed by atoms with Crippen molar-refractivity contribution in [3.63, 3.8) is 0 Å². The number of aryl methyl sites for hydroxylation is 1. The first-order valence-electron chi connectivity index (χ1n) is 7.01. The van der Waals surface area contributed by atoms with Crippen LogP contribution in [0.4, 0.5) is 0 Å². The molecule has 0 fully saturated rings. The smallest absolute Gasteiger partial charge is 0.231 e. The molecule has 3 heterocycles. The highest BCUT2D eigenvalue weighted by Gasteiger charge is 2.16. The van der Waals surface area contributed by atoms with Crippen LogP contribution in [0.5, 0.6) is 0 Å². The molecule has 106 valence electrons. The summed E-state index contributed by atoms with van der Waals surface area (Å²) in [5.74, 6) is 1.82. The third-order valence-corrected chi connectivity index (χ3v) is 4.58. The maximum absolute atomic E-state index is 5.93. The summed E-state index contributed by atoms with van der Waals surface area (Å²) in [6, 6.07) is 9.57. The monoisotopic (exact) mass is 316 g/mol. The second-order valence-corrected chi connectivity index (χ2v) is 6.10. The summed E-state index contributed by atoms with van der Waals surface area (Å²) in [6.45, 7) is 0.957. The van der Waals surface area contributed by atoms with Gasteiger partial charge >= 0.3 is 0 Å². The van der Waals surface area contributed by atoms with Gasteiger partial charge in [0.15, 0.2) is 0 Å². The Kier molecular flexibility index (Phi) is 3.08. The first kappa shape index (κ1) is 13.0. The Bertz CT molecular complexity index is 880. The number of aromatic nitrogens is 2. The van der Waals surface area contributed by atoms with Gasteiger partial charge in [-0.05, 0) is 43.2 Å². The Labute approximate surface area is 132 Å². The van der Waals surface area contributed by atoms with Gasteiger partial charge in [0.1, 0.15) is 16.2 Å². The van der Waals surface area contributed by atoms with Gasteiger partial charge in [-0.3, -0.25) is 0 Å². The molecule has 0 saturated heterocycles. The van der Waals surface area contributed by atoms with Gasteiger partial charge in [-0.25, -0.2) is 0 Å². The van der Waals surface area contributed by atoms with Crippen LogP contribution >= 0.6 is 23.8 Å². The van der Waals surface area contributed by atoms with Crippen LogP contribution in [0.1, 0.15) is 18.7 Å².